The molecule has 2 heterocycles. The standard InChI is InChI=1S/C25H30F3N3O3S/c1-24(2,3)34-23(33)30-12-10-29(11-13-30)15-18(32)16-31-19-6-4-5-7-21(19)35-22-9-8-17(14-20(22)31)25(26,27)28/h4-9,14,18,32H,10-13,15-16H2,1-3H3. The molecule has 1 fully saturated rings. The Morgan fingerprint density at radius 1 is 1.00 bits per heavy atom. The molecule has 1 N–H and O–H groups in total. The van der Waals surface area contributed by atoms with Gasteiger partial charge in [-0.1, -0.05) is 23.9 Å². The van der Waals surface area contributed by atoms with E-state index in [4.69, 9.17) is 4.74 Å². The fourth-order valence-electron chi connectivity index (χ4n) is 4.21. The highest BCUT2D eigenvalue weighted by molar-refractivity contribution is 7.99. The number of aliphatic hydroxyl groups excluding tert-OH is 1. The maximum Gasteiger partial charge on any atom is 0.416 e. The van der Waals surface area contributed by atoms with Crippen molar-refractivity contribution in [3.63, 3.8) is 0 Å². The van der Waals surface area contributed by atoms with E-state index in [1.54, 1.807) is 9.80 Å². The first-order chi connectivity index (χ1) is 16.4. The second-order valence-electron chi connectivity index (χ2n) is 9.78. The van der Waals surface area contributed by atoms with E-state index in [0.29, 0.717) is 38.4 Å². The molecule has 190 valence electrons. The van der Waals surface area contributed by atoms with E-state index in [1.807, 2.05) is 45.0 Å². The normalized spacial score (nSPS) is 17.6. The van der Waals surface area contributed by atoms with Crippen LogP contribution >= 0.6 is 11.8 Å². The number of ether oxygens (including phenoxy) is 1. The van der Waals surface area contributed by atoms with Crippen LogP contribution in [-0.4, -0.2) is 72.0 Å². The predicted molar refractivity (Wildman–Crippen MR) is 129 cm³/mol. The van der Waals surface area contributed by atoms with Gasteiger partial charge in [-0.3, -0.25) is 4.90 Å². The Morgan fingerprint density at radius 2 is 1.66 bits per heavy atom. The lowest BCUT2D eigenvalue weighted by Gasteiger charge is -2.38. The molecule has 1 amide bonds. The molecule has 1 atom stereocenters. The maximum atomic E-state index is 13.4. The highest BCUT2D eigenvalue weighted by Gasteiger charge is 2.34. The number of benzene rings is 2. The number of hydrogen-bond donors (Lipinski definition) is 1. The van der Waals surface area contributed by atoms with Gasteiger partial charge in [-0.2, -0.15) is 13.2 Å². The van der Waals surface area contributed by atoms with Gasteiger partial charge in [-0.15, -0.1) is 0 Å². The molecule has 1 unspecified atom stereocenters. The van der Waals surface area contributed by atoms with Crippen molar-refractivity contribution in [1.82, 2.24) is 9.80 Å². The van der Waals surface area contributed by atoms with E-state index in [2.05, 4.69) is 4.90 Å². The third kappa shape index (κ3) is 6.23. The molecule has 10 heteroatoms. The Bertz CT molecular complexity index is 1070. The number of carbonyl (C=O) groups is 1. The minimum absolute atomic E-state index is 0.151. The topological polar surface area (TPSA) is 56.3 Å². The largest absolute Gasteiger partial charge is 0.444 e. The number of amides is 1. The van der Waals surface area contributed by atoms with E-state index in [1.165, 1.54) is 17.8 Å². The minimum Gasteiger partial charge on any atom is -0.444 e. The first-order valence-corrected chi connectivity index (χ1v) is 12.4. The lowest BCUT2D eigenvalue weighted by atomic mass is 10.1. The summed E-state index contributed by atoms with van der Waals surface area (Å²) >= 11 is 1.42. The molecule has 0 radical (unpaired) electrons. The first kappa shape index (κ1) is 25.7. The lowest BCUT2D eigenvalue weighted by Crippen LogP contribution is -2.52. The van der Waals surface area contributed by atoms with E-state index < -0.39 is 23.4 Å². The molecule has 6 nitrogen and oxygen atoms in total. The summed E-state index contributed by atoms with van der Waals surface area (Å²) in [5.41, 5.74) is -0.0557. The Balaban J connectivity index is 1.44. The number of aliphatic hydroxyl groups is 1. The summed E-state index contributed by atoms with van der Waals surface area (Å²) in [6, 6.07) is 11.3. The van der Waals surface area contributed by atoms with Crippen LogP contribution in [0.5, 0.6) is 0 Å². The summed E-state index contributed by atoms with van der Waals surface area (Å²) in [6.45, 7) is 8.11. The number of fused-ring (bicyclic) bond motifs is 2. The van der Waals surface area contributed by atoms with Crippen LogP contribution in [0.15, 0.2) is 52.3 Å². The quantitative estimate of drug-likeness (QED) is 0.610. The second kappa shape index (κ2) is 9.91. The van der Waals surface area contributed by atoms with Gasteiger partial charge in [0.15, 0.2) is 0 Å². The van der Waals surface area contributed by atoms with Crippen molar-refractivity contribution in [3.05, 3.63) is 48.0 Å². The predicted octanol–water partition coefficient (Wildman–Crippen LogP) is 5.22. The zero-order valence-corrected chi connectivity index (χ0v) is 20.8. The van der Waals surface area contributed by atoms with Crippen LogP contribution in [0.4, 0.5) is 29.3 Å². The van der Waals surface area contributed by atoms with Gasteiger partial charge < -0.3 is 19.6 Å². The highest BCUT2D eigenvalue weighted by Crippen LogP contribution is 2.49. The van der Waals surface area contributed by atoms with Gasteiger partial charge in [0, 0.05) is 42.5 Å². The number of nitrogens with zero attached hydrogens (tertiary/aromatic N) is 3. The van der Waals surface area contributed by atoms with Crippen molar-refractivity contribution in [2.45, 2.75) is 48.4 Å². The molecule has 0 aromatic heterocycles. The van der Waals surface area contributed by atoms with Crippen molar-refractivity contribution in [2.75, 3.05) is 44.2 Å². The van der Waals surface area contributed by atoms with Gasteiger partial charge in [0.1, 0.15) is 5.60 Å². The summed E-state index contributed by atoms with van der Waals surface area (Å²) in [7, 11) is 0. The third-order valence-corrected chi connectivity index (χ3v) is 6.97. The van der Waals surface area contributed by atoms with Crippen LogP contribution in [0, 0.1) is 0 Å². The average molecular weight is 510 g/mol. The van der Waals surface area contributed by atoms with Gasteiger partial charge in [0.05, 0.1) is 29.6 Å². The number of halogens is 3. The molecule has 1 saturated heterocycles. The maximum absolute atomic E-state index is 13.4. The Hall–Kier alpha value is -2.43. The first-order valence-electron chi connectivity index (χ1n) is 11.5. The van der Waals surface area contributed by atoms with E-state index in [0.717, 1.165) is 27.6 Å². The van der Waals surface area contributed by atoms with Crippen molar-refractivity contribution >= 4 is 29.2 Å². The van der Waals surface area contributed by atoms with Gasteiger partial charge >= 0.3 is 12.3 Å². The van der Waals surface area contributed by atoms with Gasteiger partial charge in [0.25, 0.3) is 0 Å². The molecule has 0 saturated carbocycles. The molecule has 0 aliphatic carbocycles. The molecule has 35 heavy (non-hydrogen) atoms. The summed E-state index contributed by atoms with van der Waals surface area (Å²) in [5.74, 6) is 0. The molecule has 2 aromatic carbocycles. The van der Waals surface area contributed by atoms with Crippen molar-refractivity contribution in [3.8, 4) is 0 Å². The summed E-state index contributed by atoms with van der Waals surface area (Å²) in [4.78, 5) is 19.4. The number of piperazine rings is 1. The Labute approximate surface area is 207 Å². The molecule has 2 aliphatic heterocycles. The lowest BCUT2D eigenvalue weighted by molar-refractivity contribution is -0.137. The van der Waals surface area contributed by atoms with E-state index >= 15 is 0 Å². The summed E-state index contributed by atoms with van der Waals surface area (Å²) in [6.07, 6.45) is -5.60. The van der Waals surface area contributed by atoms with Crippen LogP contribution in [0.25, 0.3) is 0 Å². The zero-order valence-electron chi connectivity index (χ0n) is 20.0. The number of para-hydroxylation sites is 1. The molecular formula is C25H30F3N3O3S. The molecule has 4 rings (SSSR count). The number of hydrogen-bond acceptors (Lipinski definition) is 6. The summed E-state index contributed by atoms with van der Waals surface area (Å²) in [5, 5.41) is 10.9. The van der Waals surface area contributed by atoms with Crippen LogP contribution in [-0.2, 0) is 10.9 Å². The molecule has 0 spiro atoms. The molecule has 2 aliphatic rings. The van der Waals surface area contributed by atoms with Crippen LogP contribution in [0.1, 0.15) is 26.3 Å². The molecule has 0 bridgehead atoms. The number of carbonyl (C=O) groups excluding carboxylic acids is 1. The average Bonchev–Trinajstić information content (AvgIpc) is 2.77. The Kier molecular flexibility index (Phi) is 7.26. The number of β-amino-alcohol motifs (C(OH)–C–C–N with tert-alkyl or cyclic N) is 1. The van der Waals surface area contributed by atoms with Crippen molar-refractivity contribution in [1.29, 1.82) is 0 Å². The smallest absolute Gasteiger partial charge is 0.416 e. The van der Waals surface area contributed by atoms with Crippen molar-refractivity contribution < 1.29 is 27.8 Å². The highest BCUT2D eigenvalue weighted by atomic mass is 32.2. The number of alkyl halides is 3. The number of rotatable bonds is 4. The summed E-state index contributed by atoms with van der Waals surface area (Å²) < 4.78 is 45.7. The number of anilines is 2. The monoisotopic (exact) mass is 509 g/mol. The molecule has 2 aromatic rings. The third-order valence-electron chi connectivity index (χ3n) is 5.84. The van der Waals surface area contributed by atoms with Crippen LogP contribution in [0.2, 0.25) is 0 Å². The van der Waals surface area contributed by atoms with Gasteiger partial charge in [-0.25, -0.2) is 4.79 Å². The SMILES string of the molecule is CC(C)(C)OC(=O)N1CCN(CC(O)CN2c3ccccc3Sc3ccc(C(F)(F)F)cc32)CC1. The van der Waals surface area contributed by atoms with Crippen LogP contribution < -0.4 is 4.90 Å². The van der Waals surface area contributed by atoms with Crippen molar-refractivity contribution in [2.24, 2.45) is 0 Å². The molecular weight excluding hydrogens is 479 g/mol. The van der Waals surface area contributed by atoms with Crippen LogP contribution in [0.3, 0.4) is 0 Å². The second-order valence-corrected chi connectivity index (χ2v) is 10.9. The minimum atomic E-state index is -4.45. The van der Waals surface area contributed by atoms with E-state index in [9.17, 15) is 23.1 Å². The fraction of sp³-hybridized carbons (Fsp3) is 0.480. The fourth-order valence-corrected chi connectivity index (χ4v) is 5.28. The van der Waals surface area contributed by atoms with Gasteiger partial charge in [0.2, 0.25) is 0 Å². The Morgan fingerprint density at radius 3 is 2.31 bits per heavy atom. The van der Waals surface area contributed by atoms with E-state index in [-0.39, 0.29) is 12.6 Å². The zero-order chi connectivity index (χ0) is 25.4. The van der Waals surface area contributed by atoms with Gasteiger partial charge in [-0.05, 0) is 51.1 Å².